The van der Waals surface area contributed by atoms with Crippen LogP contribution in [0.15, 0.2) is 22.8 Å². The van der Waals surface area contributed by atoms with Gasteiger partial charge in [-0.3, -0.25) is 5.14 Å². The van der Waals surface area contributed by atoms with Crippen LogP contribution in [0.1, 0.15) is 59.1 Å². The van der Waals surface area contributed by atoms with Gasteiger partial charge in [-0.1, -0.05) is 26.8 Å². The third-order valence-corrected chi connectivity index (χ3v) is 11.7. The lowest BCUT2D eigenvalue weighted by Crippen LogP contribution is -2.41. The molecule has 0 aliphatic carbocycles. The molecule has 0 aliphatic rings. The molecular formula is C19H34BrFN2O2SSi. The van der Waals surface area contributed by atoms with Gasteiger partial charge in [0.05, 0.1) is 15.7 Å². The zero-order chi connectivity index (χ0) is 21.0. The van der Waals surface area contributed by atoms with Crippen molar-refractivity contribution in [3.8, 4) is 0 Å². The highest BCUT2D eigenvalue weighted by atomic mass is 79.9. The lowest BCUT2D eigenvalue weighted by atomic mass is 9.88. The first-order valence-electron chi connectivity index (χ1n) is 9.24. The normalized spacial score (nSPS) is 16.8. The van der Waals surface area contributed by atoms with E-state index in [9.17, 15) is 4.21 Å². The Morgan fingerprint density at radius 1 is 1.30 bits per heavy atom. The molecule has 2 unspecified atom stereocenters. The Balaban J connectivity index is 2.94. The third kappa shape index (κ3) is 7.31. The van der Waals surface area contributed by atoms with Gasteiger partial charge >= 0.3 is 0 Å². The van der Waals surface area contributed by atoms with Gasteiger partial charge in [0.25, 0.3) is 0 Å². The summed E-state index contributed by atoms with van der Waals surface area (Å²) in [4.78, 5) is 4.44. The molecule has 1 aromatic heterocycles. The second kappa shape index (κ2) is 9.56. The van der Waals surface area contributed by atoms with E-state index in [1.165, 1.54) is 0 Å². The van der Waals surface area contributed by atoms with Crippen molar-refractivity contribution >= 4 is 35.2 Å². The molecule has 0 amide bonds. The number of nitrogens with zero attached hydrogens (tertiary/aromatic N) is 1. The van der Waals surface area contributed by atoms with Gasteiger partial charge in [0, 0.05) is 24.6 Å². The predicted octanol–water partition coefficient (Wildman–Crippen LogP) is 5.47. The number of alkyl halides is 1. The Morgan fingerprint density at radius 2 is 1.89 bits per heavy atom. The summed E-state index contributed by atoms with van der Waals surface area (Å²) < 4.78 is 33.3. The lowest BCUT2D eigenvalue weighted by Gasteiger charge is -2.36. The number of aromatic nitrogens is 1. The molecule has 1 heterocycles. The maximum absolute atomic E-state index is 15.3. The highest BCUT2D eigenvalue weighted by Gasteiger charge is 2.38. The Kier molecular flexibility index (Phi) is 8.81. The first-order chi connectivity index (χ1) is 12.2. The fraction of sp³-hybridized carbons (Fsp3) is 0.737. The Bertz CT molecular complexity index is 653. The Hall–Kier alpha value is -0.153. The van der Waals surface area contributed by atoms with Gasteiger partial charge in [-0.15, -0.1) is 0 Å². The van der Waals surface area contributed by atoms with E-state index in [1.807, 2.05) is 12.1 Å². The maximum atomic E-state index is 15.3. The molecule has 1 aromatic rings. The SMILES string of the molecule is CC(C)(C[C@H](c1cccc(Br)n1)C(F)CCO[Si](C)(C)C(C)(C)C)S(N)=O. The lowest BCUT2D eigenvalue weighted by molar-refractivity contribution is 0.189. The summed E-state index contributed by atoms with van der Waals surface area (Å²) in [7, 11) is -3.47. The molecule has 1 rings (SSSR count). The highest BCUT2D eigenvalue weighted by molar-refractivity contribution is 9.10. The second-order valence-electron chi connectivity index (χ2n) is 9.17. The molecule has 0 aliphatic heterocycles. The van der Waals surface area contributed by atoms with Gasteiger partial charge in [-0.25, -0.2) is 13.6 Å². The summed E-state index contributed by atoms with van der Waals surface area (Å²) in [5, 5.41) is 5.72. The summed E-state index contributed by atoms with van der Waals surface area (Å²) in [6.07, 6.45) is -0.529. The topological polar surface area (TPSA) is 65.2 Å². The zero-order valence-corrected chi connectivity index (χ0v) is 20.9. The van der Waals surface area contributed by atoms with E-state index >= 15 is 4.39 Å². The van der Waals surface area contributed by atoms with Gasteiger partial charge in [-0.2, -0.15) is 0 Å². The number of rotatable bonds is 9. The first kappa shape index (κ1) is 24.9. The minimum absolute atomic E-state index is 0.0858. The van der Waals surface area contributed by atoms with E-state index in [0.29, 0.717) is 23.3 Å². The summed E-state index contributed by atoms with van der Waals surface area (Å²) in [6, 6.07) is 5.46. The molecule has 0 bridgehead atoms. The minimum Gasteiger partial charge on any atom is -0.417 e. The average Bonchev–Trinajstić information content (AvgIpc) is 2.51. The zero-order valence-electron chi connectivity index (χ0n) is 17.5. The third-order valence-electron chi connectivity index (χ3n) is 5.47. The van der Waals surface area contributed by atoms with E-state index in [1.54, 1.807) is 19.9 Å². The molecule has 0 aromatic carbocycles. The van der Waals surface area contributed by atoms with Crippen molar-refractivity contribution in [2.75, 3.05) is 6.61 Å². The van der Waals surface area contributed by atoms with Crippen molar-refractivity contribution in [3.05, 3.63) is 28.5 Å². The number of halogens is 2. The van der Waals surface area contributed by atoms with Crippen LogP contribution < -0.4 is 5.14 Å². The Morgan fingerprint density at radius 3 is 2.37 bits per heavy atom. The highest BCUT2D eigenvalue weighted by Crippen LogP contribution is 2.38. The van der Waals surface area contributed by atoms with Crippen molar-refractivity contribution in [1.82, 2.24) is 4.98 Å². The summed E-state index contributed by atoms with van der Waals surface area (Å²) in [5.41, 5.74) is 0.641. The quantitative estimate of drug-likeness (QED) is 0.376. The van der Waals surface area contributed by atoms with E-state index in [0.717, 1.165) is 0 Å². The fourth-order valence-electron chi connectivity index (χ4n) is 2.50. The van der Waals surface area contributed by atoms with Crippen LogP contribution in [0.5, 0.6) is 0 Å². The van der Waals surface area contributed by atoms with Gasteiger partial charge in [0.15, 0.2) is 8.32 Å². The minimum atomic E-state index is -1.92. The van der Waals surface area contributed by atoms with Crippen LogP contribution in [0.2, 0.25) is 18.1 Å². The molecular weight excluding hydrogens is 447 g/mol. The summed E-state index contributed by atoms with van der Waals surface area (Å²) in [5.74, 6) is -0.493. The fourth-order valence-corrected chi connectivity index (χ4v) is 4.27. The maximum Gasteiger partial charge on any atom is 0.191 e. The predicted molar refractivity (Wildman–Crippen MR) is 118 cm³/mol. The van der Waals surface area contributed by atoms with Crippen LogP contribution in [0.25, 0.3) is 0 Å². The van der Waals surface area contributed by atoms with Crippen molar-refractivity contribution in [3.63, 3.8) is 0 Å². The van der Waals surface area contributed by atoms with Crippen LogP contribution >= 0.6 is 15.9 Å². The molecule has 8 heteroatoms. The van der Waals surface area contributed by atoms with Crippen LogP contribution in [0, 0.1) is 0 Å². The van der Waals surface area contributed by atoms with Gasteiger partial charge in [-0.05, 0) is 66.5 Å². The van der Waals surface area contributed by atoms with Crippen LogP contribution in [-0.2, 0) is 15.4 Å². The molecule has 4 nitrogen and oxygen atoms in total. The monoisotopic (exact) mass is 480 g/mol. The van der Waals surface area contributed by atoms with E-state index < -0.39 is 36.1 Å². The van der Waals surface area contributed by atoms with Crippen LogP contribution in [0.3, 0.4) is 0 Å². The molecule has 0 fully saturated rings. The second-order valence-corrected chi connectivity index (χ2v) is 16.5. The van der Waals surface area contributed by atoms with Crippen LogP contribution in [0.4, 0.5) is 4.39 Å². The number of hydrogen-bond donors (Lipinski definition) is 1. The molecule has 0 saturated heterocycles. The molecule has 0 radical (unpaired) electrons. The first-order valence-corrected chi connectivity index (χ1v) is 14.2. The van der Waals surface area contributed by atoms with E-state index in [4.69, 9.17) is 9.56 Å². The van der Waals surface area contributed by atoms with Crippen molar-refractivity contribution in [2.24, 2.45) is 5.14 Å². The number of nitrogens with two attached hydrogens (primary N) is 1. The van der Waals surface area contributed by atoms with Crippen LogP contribution in [-0.4, -0.2) is 35.0 Å². The summed E-state index contributed by atoms with van der Waals surface area (Å²) in [6.45, 7) is 14.8. The average molecular weight is 482 g/mol. The molecule has 2 N–H and O–H groups in total. The summed E-state index contributed by atoms with van der Waals surface area (Å²) >= 11 is 3.35. The smallest absolute Gasteiger partial charge is 0.191 e. The van der Waals surface area contributed by atoms with Gasteiger partial charge < -0.3 is 4.43 Å². The van der Waals surface area contributed by atoms with Gasteiger partial charge in [0.2, 0.25) is 0 Å². The van der Waals surface area contributed by atoms with Crippen molar-refractivity contribution in [2.45, 2.75) is 82.4 Å². The standard InChI is InChI=1S/C19H34BrFN2O2SSi/c1-18(2,3)27(6,7)25-12-11-15(21)14(13-19(4,5)26(22)24)16-9-8-10-17(20)23-16/h8-10,14-15H,11-13,22H2,1-7H3/t14-,15?,26?/m0/s1. The van der Waals surface area contributed by atoms with E-state index in [-0.39, 0.29) is 11.5 Å². The molecule has 0 saturated carbocycles. The molecule has 3 atom stereocenters. The number of hydrogen-bond acceptors (Lipinski definition) is 3. The number of pyridine rings is 1. The largest absolute Gasteiger partial charge is 0.417 e. The van der Waals surface area contributed by atoms with Gasteiger partial charge in [0.1, 0.15) is 10.8 Å². The van der Waals surface area contributed by atoms with E-state index in [2.05, 4.69) is 54.8 Å². The molecule has 156 valence electrons. The Labute approximate surface area is 175 Å². The molecule has 27 heavy (non-hydrogen) atoms. The van der Waals surface area contributed by atoms with Crippen molar-refractivity contribution < 1.29 is 13.0 Å². The van der Waals surface area contributed by atoms with Crippen molar-refractivity contribution in [1.29, 1.82) is 0 Å². The molecule has 0 spiro atoms.